The van der Waals surface area contributed by atoms with Gasteiger partial charge in [-0.2, -0.15) is 0 Å². The first-order chi connectivity index (χ1) is 18.5. The van der Waals surface area contributed by atoms with E-state index in [-0.39, 0.29) is 18.4 Å². The third-order valence-corrected chi connectivity index (χ3v) is 8.49. The number of allylic oxidation sites excluding steroid dienone is 1. The minimum atomic E-state index is -1.26. The Labute approximate surface area is 224 Å². The van der Waals surface area contributed by atoms with E-state index in [2.05, 4.69) is 0 Å². The number of hydrogen-bond donors (Lipinski definition) is 1. The summed E-state index contributed by atoms with van der Waals surface area (Å²) in [6, 6.07) is 8.92. The Morgan fingerprint density at radius 3 is 2.58 bits per heavy atom. The molecule has 1 aromatic rings. The molecule has 38 heavy (non-hydrogen) atoms. The fraction of sp³-hybridized carbons (Fsp3) is 0.567. The highest BCUT2D eigenvalue weighted by atomic mass is 16.6. The number of amides is 2. The first kappa shape index (κ1) is 26.6. The van der Waals surface area contributed by atoms with Crippen molar-refractivity contribution < 1.29 is 29.0 Å². The molecule has 0 aromatic heterocycles. The van der Waals surface area contributed by atoms with Crippen molar-refractivity contribution in [2.45, 2.75) is 69.2 Å². The Morgan fingerprint density at radius 2 is 1.82 bits per heavy atom. The number of carbonyl (C=O) groups is 3. The Morgan fingerprint density at radius 1 is 1.00 bits per heavy atom. The molecule has 1 aromatic carbocycles. The topological polar surface area (TPSA) is 96.4 Å². The normalized spacial score (nSPS) is 33.5. The Balaban J connectivity index is 1.57. The Hall–Kier alpha value is -2.97. The number of cyclic esters (lactones) is 1. The quantitative estimate of drug-likeness (QED) is 0.320. The van der Waals surface area contributed by atoms with E-state index in [1.165, 1.54) is 0 Å². The van der Waals surface area contributed by atoms with Gasteiger partial charge in [-0.3, -0.25) is 14.4 Å². The molecule has 2 saturated heterocycles. The minimum absolute atomic E-state index is 0.0822. The lowest BCUT2D eigenvalue weighted by Gasteiger charge is -2.38. The van der Waals surface area contributed by atoms with Crippen LogP contribution < -0.4 is 0 Å². The van der Waals surface area contributed by atoms with Gasteiger partial charge in [-0.25, -0.2) is 0 Å². The van der Waals surface area contributed by atoms with Gasteiger partial charge >= 0.3 is 5.97 Å². The van der Waals surface area contributed by atoms with Gasteiger partial charge in [0.25, 0.3) is 0 Å². The van der Waals surface area contributed by atoms with Crippen LogP contribution in [0.4, 0.5) is 0 Å². The number of benzene rings is 1. The lowest BCUT2D eigenvalue weighted by atomic mass is 9.73. The van der Waals surface area contributed by atoms with Gasteiger partial charge in [0, 0.05) is 26.2 Å². The van der Waals surface area contributed by atoms with Gasteiger partial charge in [0.1, 0.15) is 23.2 Å². The van der Waals surface area contributed by atoms with E-state index in [1.807, 2.05) is 61.6 Å². The fourth-order valence-corrected chi connectivity index (χ4v) is 6.68. The standard InChI is InChI=1S/C30H38N2O6/c1-2-29-15-8-4-11-20-37-28(36)24(29)23-26(34)32(18-9-5-10-19-33)25-27(35)31(17-12-16-30(23,25)38-29)21-22-13-6-3-7-14-22/h3,6-8,12-16,23-25,33H,2,4-5,9-11,17-21H2,1H3/b15-8-/t23-,24-,25?,29+,30-/m0/s1. The van der Waals surface area contributed by atoms with Crippen molar-refractivity contribution in [1.29, 1.82) is 0 Å². The predicted molar refractivity (Wildman–Crippen MR) is 141 cm³/mol. The van der Waals surface area contributed by atoms with E-state index in [0.717, 1.165) is 18.4 Å². The van der Waals surface area contributed by atoms with Crippen molar-refractivity contribution in [2.75, 3.05) is 26.3 Å². The van der Waals surface area contributed by atoms with Crippen molar-refractivity contribution in [3.8, 4) is 0 Å². The molecule has 0 saturated carbocycles. The van der Waals surface area contributed by atoms with Gasteiger partial charge in [-0.1, -0.05) is 61.6 Å². The maximum Gasteiger partial charge on any atom is 0.313 e. The second-order valence-corrected chi connectivity index (χ2v) is 10.8. The molecule has 2 fully saturated rings. The molecule has 0 bridgehead atoms. The van der Waals surface area contributed by atoms with Crippen LogP contribution in [0.15, 0.2) is 54.6 Å². The number of aliphatic hydroxyl groups is 1. The molecule has 0 radical (unpaired) electrons. The molecule has 0 aliphatic carbocycles. The monoisotopic (exact) mass is 522 g/mol. The van der Waals surface area contributed by atoms with E-state index >= 15 is 0 Å². The number of esters is 1. The Kier molecular flexibility index (Phi) is 7.73. The summed E-state index contributed by atoms with van der Waals surface area (Å²) >= 11 is 0. The summed E-state index contributed by atoms with van der Waals surface area (Å²) in [5.41, 5.74) is -1.29. The first-order valence-electron chi connectivity index (χ1n) is 13.9. The van der Waals surface area contributed by atoms with Crippen LogP contribution in [0.3, 0.4) is 0 Å². The molecule has 5 atom stereocenters. The number of fused-ring (bicyclic) bond motifs is 2. The second-order valence-electron chi connectivity index (χ2n) is 10.8. The molecular formula is C30H38N2O6. The zero-order chi connectivity index (χ0) is 26.8. The number of rotatable bonds is 8. The molecule has 1 unspecified atom stereocenters. The predicted octanol–water partition coefficient (Wildman–Crippen LogP) is 3.00. The van der Waals surface area contributed by atoms with Crippen LogP contribution in [0, 0.1) is 11.8 Å². The van der Waals surface area contributed by atoms with Crippen LogP contribution in [0.1, 0.15) is 51.0 Å². The van der Waals surface area contributed by atoms with Crippen molar-refractivity contribution in [2.24, 2.45) is 11.8 Å². The molecule has 4 aliphatic rings. The number of carbonyl (C=O) groups excluding carboxylic acids is 3. The fourth-order valence-electron chi connectivity index (χ4n) is 6.68. The van der Waals surface area contributed by atoms with E-state index < -0.39 is 35.0 Å². The molecule has 2 amide bonds. The van der Waals surface area contributed by atoms with Crippen LogP contribution in [-0.2, 0) is 30.4 Å². The molecule has 4 aliphatic heterocycles. The number of hydrogen-bond acceptors (Lipinski definition) is 6. The van der Waals surface area contributed by atoms with E-state index in [0.29, 0.717) is 51.9 Å². The number of likely N-dealkylation sites (tertiary alicyclic amines) is 1. The third kappa shape index (κ3) is 4.47. The lowest BCUT2D eigenvalue weighted by Crippen LogP contribution is -2.56. The minimum Gasteiger partial charge on any atom is -0.465 e. The second kappa shape index (κ2) is 11.0. The molecular weight excluding hydrogens is 484 g/mol. The van der Waals surface area contributed by atoms with Gasteiger partial charge in [0.2, 0.25) is 11.8 Å². The molecule has 8 nitrogen and oxygen atoms in total. The van der Waals surface area contributed by atoms with E-state index in [1.54, 1.807) is 9.80 Å². The van der Waals surface area contributed by atoms with Crippen LogP contribution in [0.25, 0.3) is 0 Å². The van der Waals surface area contributed by atoms with Gasteiger partial charge < -0.3 is 24.4 Å². The number of ether oxygens (including phenoxy) is 2. The first-order valence-corrected chi connectivity index (χ1v) is 13.9. The molecule has 1 spiro atoms. The van der Waals surface area contributed by atoms with Crippen LogP contribution >= 0.6 is 0 Å². The number of nitrogens with zero attached hydrogens (tertiary/aromatic N) is 2. The molecule has 4 heterocycles. The smallest absolute Gasteiger partial charge is 0.313 e. The van der Waals surface area contributed by atoms with Crippen LogP contribution in [0.2, 0.25) is 0 Å². The summed E-state index contributed by atoms with van der Waals surface area (Å²) in [5.74, 6) is -2.52. The lowest BCUT2D eigenvalue weighted by molar-refractivity contribution is -0.161. The summed E-state index contributed by atoms with van der Waals surface area (Å²) in [6.07, 6.45) is 11.7. The number of unbranched alkanes of at least 4 members (excludes halogenated alkanes) is 2. The number of aliphatic hydroxyl groups excluding tert-OH is 1. The Bertz CT molecular complexity index is 1100. The van der Waals surface area contributed by atoms with E-state index in [4.69, 9.17) is 9.47 Å². The van der Waals surface area contributed by atoms with Crippen LogP contribution in [-0.4, -0.2) is 76.2 Å². The van der Waals surface area contributed by atoms with Crippen molar-refractivity contribution >= 4 is 17.8 Å². The maximum atomic E-state index is 14.3. The van der Waals surface area contributed by atoms with Gasteiger partial charge in [-0.05, 0) is 44.1 Å². The average molecular weight is 523 g/mol. The molecule has 204 valence electrons. The van der Waals surface area contributed by atoms with Crippen molar-refractivity contribution in [3.05, 3.63) is 60.2 Å². The highest BCUT2D eigenvalue weighted by Gasteiger charge is 2.75. The highest BCUT2D eigenvalue weighted by Crippen LogP contribution is 2.58. The molecule has 1 N–H and O–H groups in total. The summed E-state index contributed by atoms with van der Waals surface area (Å²) in [7, 11) is 0. The highest BCUT2D eigenvalue weighted by molar-refractivity contribution is 5.99. The zero-order valence-corrected chi connectivity index (χ0v) is 22.1. The third-order valence-electron chi connectivity index (χ3n) is 8.49. The van der Waals surface area contributed by atoms with Crippen molar-refractivity contribution in [3.63, 3.8) is 0 Å². The van der Waals surface area contributed by atoms with Crippen molar-refractivity contribution in [1.82, 2.24) is 9.80 Å². The van der Waals surface area contributed by atoms with Gasteiger partial charge in [-0.15, -0.1) is 0 Å². The zero-order valence-electron chi connectivity index (χ0n) is 22.1. The van der Waals surface area contributed by atoms with Gasteiger partial charge in [0.15, 0.2) is 0 Å². The average Bonchev–Trinajstić information content (AvgIpc) is 3.30. The molecule has 5 rings (SSSR count). The summed E-state index contributed by atoms with van der Waals surface area (Å²) < 4.78 is 12.6. The largest absolute Gasteiger partial charge is 0.465 e. The summed E-state index contributed by atoms with van der Waals surface area (Å²) in [4.78, 5) is 45.5. The van der Waals surface area contributed by atoms with E-state index in [9.17, 15) is 19.5 Å². The maximum absolute atomic E-state index is 14.3. The SMILES string of the molecule is CC[C@@]12/C=C\CCCOC(=O)[C@@H]1[C@H]1C(=O)N(CCCCCO)C3C(=O)N(Cc4ccccc4)CC=C[C@@]31O2. The summed E-state index contributed by atoms with van der Waals surface area (Å²) in [5, 5.41) is 9.24. The molecule has 8 heteroatoms. The van der Waals surface area contributed by atoms with Gasteiger partial charge in [0.05, 0.1) is 12.5 Å². The summed E-state index contributed by atoms with van der Waals surface area (Å²) in [6.45, 7) is 3.49. The van der Waals surface area contributed by atoms with Crippen LogP contribution in [0.5, 0.6) is 0 Å².